The minimum atomic E-state index is -0.370. The van der Waals surface area contributed by atoms with E-state index in [1.807, 2.05) is 0 Å². The van der Waals surface area contributed by atoms with Gasteiger partial charge in [0.15, 0.2) is 5.84 Å². The number of nitrogens with one attached hydrogen (secondary N) is 1. The Labute approximate surface area is 125 Å². The van der Waals surface area contributed by atoms with Crippen molar-refractivity contribution in [2.24, 2.45) is 16.8 Å². The van der Waals surface area contributed by atoms with Crippen LogP contribution in [-0.2, 0) is 6.54 Å². The number of amidine groups is 1. The summed E-state index contributed by atoms with van der Waals surface area (Å²) in [5.74, 6) is 0.363. The molecule has 0 radical (unpaired) electrons. The van der Waals surface area contributed by atoms with Crippen LogP contribution in [0.5, 0.6) is 0 Å². The molecule has 1 fully saturated rings. The normalized spacial score (nSPS) is 23.8. The van der Waals surface area contributed by atoms with Gasteiger partial charge in [0, 0.05) is 18.2 Å². The first-order valence-corrected chi connectivity index (χ1v) is 7.59. The van der Waals surface area contributed by atoms with E-state index in [9.17, 15) is 4.39 Å². The Morgan fingerprint density at radius 1 is 1.33 bits per heavy atom. The van der Waals surface area contributed by atoms with Crippen LogP contribution in [-0.4, -0.2) is 17.1 Å². The molecule has 4 nitrogen and oxygen atoms in total. The van der Waals surface area contributed by atoms with Crippen LogP contribution in [0.15, 0.2) is 23.4 Å². The van der Waals surface area contributed by atoms with Gasteiger partial charge in [-0.1, -0.05) is 24.9 Å². The molecule has 5 heteroatoms. The van der Waals surface area contributed by atoms with Crippen molar-refractivity contribution in [1.29, 1.82) is 0 Å². The molecule has 0 bridgehead atoms. The van der Waals surface area contributed by atoms with E-state index in [2.05, 4.69) is 17.4 Å². The van der Waals surface area contributed by atoms with Gasteiger partial charge in [-0.25, -0.2) is 4.39 Å². The lowest BCUT2D eigenvalue weighted by molar-refractivity contribution is 0.318. The Morgan fingerprint density at radius 2 is 2.14 bits per heavy atom. The van der Waals surface area contributed by atoms with Gasteiger partial charge in [0.1, 0.15) is 5.82 Å². The third-order valence-corrected chi connectivity index (χ3v) is 4.21. The maximum Gasteiger partial charge on any atom is 0.170 e. The van der Waals surface area contributed by atoms with Crippen molar-refractivity contribution < 1.29 is 9.60 Å². The molecule has 0 amide bonds. The largest absolute Gasteiger partial charge is 0.409 e. The van der Waals surface area contributed by atoms with Gasteiger partial charge in [0.25, 0.3) is 0 Å². The zero-order chi connectivity index (χ0) is 15.2. The molecule has 2 atom stereocenters. The maximum atomic E-state index is 13.6. The molecule has 0 saturated heterocycles. The molecule has 0 aromatic heterocycles. The molecule has 1 aromatic rings. The summed E-state index contributed by atoms with van der Waals surface area (Å²) >= 11 is 0. The van der Waals surface area contributed by atoms with Crippen LogP contribution in [0, 0.1) is 11.7 Å². The van der Waals surface area contributed by atoms with E-state index in [-0.39, 0.29) is 11.7 Å². The Bertz CT molecular complexity index is 504. The predicted molar refractivity (Wildman–Crippen MR) is 81.8 cm³/mol. The zero-order valence-corrected chi connectivity index (χ0v) is 12.5. The Hall–Kier alpha value is -1.62. The second-order valence-corrected chi connectivity index (χ2v) is 6.02. The number of nitrogens with two attached hydrogens (primary N) is 1. The van der Waals surface area contributed by atoms with Crippen LogP contribution in [0.1, 0.15) is 50.2 Å². The summed E-state index contributed by atoms with van der Waals surface area (Å²) < 4.78 is 13.6. The van der Waals surface area contributed by atoms with Crippen molar-refractivity contribution in [2.75, 3.05) is 0 Å². The first-order chi connectivity index (χ1) is 10.1. The van der Waals surface area contributed by atoms with Crippen LogP contribution in [0.25, 0.3) is 0 Å². The highest BCUT2D eigenvalue weighted by atomic mass is 19.1. The molecule has 21 heavy (non-hydrogen) atoms. The SMILES string of the molecule is CC1CCCC(NCc2cc(F)cc(/C(N)=N/O)c2)CC1. The minimum absolute atomic E-state index is 0.0703. The van der Waals surface area contributed by atoms with Crippen LogP contribution >= 0.6 is 0 Å². The number of oxime groups is 1. The van der Waals surface area contributed by atoms with Gasteiger partial charge in [-0.05, 0) is 48.9 Å². The average Bonchev–Trinajstić information content (AvgIpc) is 2.68. The molecular formula is C16H24FN3O. The quantitative estimate of drug-likeness (QED) is 0.263. The summed E-state index contributed by atoms with van der Waals surface area (Å²) in [6, 6.07) is 5.00. The van der Waals surface area contributed by atoms with E-state index in [0.717, 1.165) is 11.5 Å². The smallest absolute Gasteiger partial charge is 0.170 e. The van der Waals surface area contributed by atoms with Gasteiger partial charge in [0.05, 0.1) is 0 Å². The van der Waals surface area contributed by atoms with E-state index in [4.69, 9.17) is 10.9 Å². The van der Waals surface area contributed by atoms with E-state index in [1.54, 1.807) is 6.07 Å². The Balaban J connectivity index is 1.98. The molecule has 4 N–H and O–H groups in total. The molecule has 0 aliphatic heterocycles. The van der Waals surface area contributed by atoms with E-state index >= 15 is 0 Å². The van der Waals surface area contributed by atoms with Crippen LogP contribution < -0.4 is 11.1 Å². The molecule has 2 rings (SSSR count). The summed E-state index contributed by atoms with van der Waals surface area (Å²) in [6.45, 7) is 2.90. The van der Waals surface area contributed by atoms with Gasteiger partial charge >= 0.3 is 0 Å². The summed E-state index contributed by atoms with van der Waals surface area (Å²) in [5.41, 5.74) is 6.74. The van der Waals surface area contributed by atoms with Gasteiger partial charge in [-0.15, -0.1) is 0 Å². The predicted octanol–water partition coefficient (Wildman–Crippen LogP) is 2.98. The van der Waals surface area contributed by atoms with Crippen LogP contribution in [0.2, 0.25) is 0 Å². The fraction of sp³-hybridized carbons (Fsp3) is 0.562. The summed E-state index contributed by atoms with van der Waals surface area (Å²) in [6.07, 6.45) is 6.13. The third-order valence-electron chi connectivity index (χ3n) is 4.21. The number of hydrogen-bond donors (Lipinski definition) is 3. The lowest BCUT2D eigenvalue weighted by Gasteiger charge is -2.17. The van der Waals surface area contributed by atoms with Crippen molar-refractivity contribution >= 4 is 5.84 Å². The first kappa shape index (κ1) is 15.8. The topological polar surface area (TPSA) is 70.6 Å². The highest BCUT2D eigenvalue weighted by Crippen LogP contribution is 2.23. The van der Waals surface area contributed by atoms with Gasteiger partial charge in [-0.2, -0.15) is 0 Å². The highest BCUT2D eigenvalue weighted by molar-refractivity contribution is 5.97. The van der Waals surface area contributed by atoms with Crippen molar-refractivity contribution in [3.8, 4) is 0 Å². The fourth-order valence-corrected chi connectivity index (χ4v) is 2.91. The molecule has 1 aliphatic rings. The standard InChI is InChI=1S/C16H24FN3O/c1-11-3-2-4-15(6-5-11)19-10-12-7-13(16(18)20-21)9-14(17)8-12/h7-9,11,15,19,21H,2-6,10H2,1H3,(H2,18,20). The Kier molecular flexibility index (Phi) is 5.56. The van der Waals surface area contributed by atoms with E-state index in [0.29, 0.717) is 18.2 Å². The van der Waals surface area contributed by atoms with Crippen molar-refractivity contribution in [1.82, 2.24) is 5.32 Å². The highest BCUT2D eigenvalue weighted by Gasteiger charge is 2.15. The molecule has 2 unspecified atom stereocenters. The second-order valence-electron chi connectivity index (χ2n) is 6.02. The summed E-state index contributed by atoms with van der Waals surface area (Å²) in [5, 5.41) is 15.1. The second kappa shape index (κ2) is 7.41. The third kappa shape index (κ3) is 4.70. The molecular weight excluding hydrogens is 269 g/mol. The maximum absolute atomic E-state index is 13.6. The lowest BCUT2D eigenvalue weighted by Crippen LogP contribution is -2.28. The van der Waals surface area contributed by atoms with Crippen LogP contribution in [0.4, 0.5) is 4.39 Å². The number of benzene rings is 1. The first-order valence-electron chi connectivity index (χ1n) is 7.59. The molecule has 1 aliphatic carbocycles. The van der Waals surface area contributed by atoms with Crippen molar-refractivity contribution in [3.05, 3.63) is 35.1 Å². The fourth-order valence-electron chi connectivity index (χ4n) is 2.91. The Morgan fingerprint density at radius 3 is 2.90 bits per heavy atom. The van der Waals surface area contributed by atoms with Crippen molar-refractivity contribution in [2.45, 2.75) is 51.6 Å². The van der Waals surface area contributed by atoms with E-state index < -0.39 is 0 Å². The van der Waals surface area contributed by atoms with Gasteiger partial charge in [0.2, 0.25) is 0 Å². The number of rotatable bonds is 4. The molecule has 116 valence electrons. The minimum Gasteiger partial charge on any atom is -0.409 e. The zero-order valence-electron chi connectivity index (χ0n) is 12.5. The average molecular weight is 293 g/mol. The van der Waals surface area contributed by atoms with Crippen molar-refractivity contribution in [3.63, 3.8) is 0 Å². The van der Waals surface area contributed by atoms with E-state index in [1.165, 1.54) is 44.2 Å². The summed E-state index contributed by atoms with van der Waals surface area (Å²) in [4.78, 5) is 0. The molecule has 1 saturated carbocycles. The lowest BCUT2D eigenvalue weighted by atomic mass is 10.0. The van der Waals surface area contributed by atoms with Gasteiger partial charge in [-0.3, -0.25) is 0 Å². The number of nitrogens with zero attached hydrogens (tertiary/aromatic N) is 1. The van der Waals surface area contributed by atoms with Gasteiger partial charge < -0.3 is 16.3 Å². The number of hydrogen-bond acceptors (Lipinski definition) is 3. The number of halogens is 1. The monoisotopic (exact) mass is 293 g/mol. The van der Waals surface area contributed by atoms with Crippen LogP contribution in [0.3, 0.4) is 0 Å². The summed E-state index contributed by atoms with van der Waals surface area (Å²) in [7, 11) is 0. The molecule has 0 spiro atoms. The molecule has 1 aromatic carbocycles. The molecule has 0 heterocycles.